The lowest BCUT2D eigenvalue weighted by molar-refractivity contribution is -0.142. The highest BCUT2D eigenvalue weighted by molar-refractivity contribution is 5.76. The predicted octanol–water partition coefficient (Wildman–Crippen LogP) is 3.41. The monoisotopic (exact) mass is 325 g/mol. The Morgan fingerprint density at radius 1 is 1.12 bits per heavy atom. The molecule has 0 radical (unpaired) electrons. The van der Waals surface area contributed by atoms with E-state index in [-0.39, 0.29) is 5.92 Å². The first-order chi connectivity index (χ1) is 11.2. The number of carbonyl (C=O) groups is 1. The molecule has 1 saturated heterocycles. The summed E-state index contributed by atoms with van der Waals surface area (Å²) in [5.41, 5.74) is 4.31. The third kappa shape index (κ3) is 3.29. The van der Waals surface area contributed by atoms with E-state index in [1.807, 2.05) is 31.2 Å². The van der Waals surface area contributed by atoms with Crippen molar-refractivity contribution in [1.29, 1.82) is 0 Å². The molecule has 126 valence electrons. The quantitative estimate of drug-likeness (QED) is 0.904. The predicted molar refractivity (Wildman–Crippen MR) is 95.2 cm³/mol. The van der Waals surface area contributed by atoms with Crippen molar-refractivity contribution in [1.82, 2.24) is 0 Å². The molecule has 3 rings (SSSR count). The van der Waals surface area contributed by atoms with E-state index in [0.717, 1.165) is 27.9 Å². The second-order valence-electron chi connectivity index (χ2n) is 7.14. The fourth-order valence-corrected chi connectivity index (χ4v) is 3.04. The van der Waals surface area contributed by atoms with E-state index in [4.69, 9.17) is 5.11 Å². The third-order valence-electron chi connectivity index (χ3n) is 4.56. The van der Waals surface area contributed by atoms with Crippen LogP contribution in [0.1, 0.15) is 25.0 Å². The Hall–Kier alpha value is -2.33. The summed E-state index contributed by atoms with van der Waals surface area (Å²) in [6, 6.07) is 14.2. The highest BCUT2D eigenvalue weighted by Crippen LogP contribution is 2.32. The van der Waals surface area contributed by atoms with Crippen LogP contribution in [-0.2, 0) is 10.4 Å². The van der Waals surface area contributed by atoms with Crippen LogP contribution in [0.4, 0.5) is 5.69 Å². The van der Waals surface area contributed by atoms with Gasteiger partial charge in [0.15, 0.2) is 0 Å². The molecule has 1 heterocycles. The van der Waals surface area contributed by atoms with Crippen LogP contribution in [0.15, 0.2) is 42.5 Å². The molecule has 0 saturated carbocycles. The van der Waals surface area contributed by atoms with E-state index in [9.17, 15) is 9.90 Å². The van der Waals surface area contributed by atoms with Crippen LogP contribution in [0, 0.1) is 12.8 Å². The van der Waals surface area contributed by atoms with E-state index in [1.54, 1.807) is 13.8 Å². The number of nitrogens with zero attached hydrogens (tertiary/aromatic N) is 1. The molecule has 2 aromatic carbocycles. The first-order valence-electron chi connectivity index (χ1n) is 8.17. The Kier molecular flexibility index (Phi) is 4.10. The van der Waals surface area contributed by atoms with Crippen molar-refractivity contribution >= 4 is 11.7 Å². The number of aliphatic carboxylic acids is 1. The van der Waals surface area contributed by atoms with Crippen LogP contribution in [-0.4, -0.2) is 29.3 Å². The Bertz CT molecular complexity index is 771. The average Bonchev–Trinajstić information content (AvgIpc) is 2.44. The van der Waals surface area contributed by atoms with E-state index in [1.165, 1.54) is 0 Å². The molecular formula is C20H23NO3. The van der Waals surface area contributed by atoms with Crippen LogP contribution < -0.4 is 4.90 Å². The minimum Gasteiger partial charge on any atom is -0.481 e. The van der Waals surface area contributed by atoms with Gasteiger partial charge in [-0.3, -0.25) is 4.79 Å². The first-order valence-corrected chi connectivity index (χ1v) is 8.17. The third-order valence-corrected chi connectivity index (χ3v) is 4.56. The van der Waals surface area contributed by atoms with Gasteiger partial charge in [-0.25, -0.2) is 0 Å². The van der Waals surface area contributed by atoms with Crippen LogP contribution >= 0.6 is 0 Å². The lowest BCUT2D eigenvalue weighted by Crippen LogP contribution is -2.50. The highest BCUT2D eigenvalue weighted by atomic mass is 16.4. The molecule has 1 aliphatic rings. The lowest BCUT2D eigenvalue weighted by Gasteiger charge is -2.39. The molecule has 2 N–H and O–H groups in total. The van der Waals surface area contributed by atoms with Crippen molar-refractivity contribution in [2.45, 2.75) is 26.4 Å². The van der Waals surface area contributed by atoms with Gasteiger partial charge in [-0.2, -0.15) is 0 Å². The van der Waals surface area contributed by atoms with Gasteiger partial charge in [0, 0.05) is 18.8 Å². The fourth-order valence-electron chi connectivity index (χ4n) is 3.04. The number of aliphatic hydroxyl groups is 1. The Morgan fingerprint density at radius 2 is 1.83 bits per heavy atom. The molecule has 0 spiro atoms. The minimum absolute atomic E-state index is 0.271. The molecule has 0 atom stereocenters. The van der Waals surface area contributed by atoms with Crippen LogP contribution in [0.5, 0.6) is 0 Å². The SMILES string of the molecule is Cc1cc(-c2cccc(C(C)(C)O)c2)cc(N2CC(C(=O)O)C2)c1. The first kappa shape index (κ1) is 16.5. The molecule has 1 fully saturated rings. The summed E-state index contributed by atoms with van der Waals surface area (Å²) in [6.07, 6.45) is 0. The number of aryl methyl sites for hydroxylation is 1. The van der Waals surface area contributed by atoms with Gasteiger partial charge in [-0.05, 0) is 61.2 Å². The molecule has 0 aliphatic carbocycles. The van der Waals surface area contributed by atoms with Gasteiger partial charge in [0.25, 0.3) is 0 Å². The van der Waals surface area contributed by atoms with Gasteiger partial charge in [0.05, 0.1) is 11.5 Å². The Labute approximate surface area is 142 Å². The summed E-state index contributed by atoms with van der Waals surface area (Å²) in [7, 11) is 0. The number of hydrogen-bond acceptors (Lipinski definition) is 3. The summed E-state index contributed by atoms with van der Waals surface area (Å²) in [4.78, 5) is 13.1. The summed E-state index contributed by atoms with van der Waals surface area (Å²) in [6.45, 7) is 6.71. The lowest BCUT2D eigenvalue weighted by atomic mass is 9.93. The van der Waals surface area contributed by atoms with Crippen LogP contribution in [0.2, 0.25) is 0 Å². The zero-order valence-corrected chi connectivity index (χ0v) is 14.3. The van der Waals surface area contributed by atoms with Gasteiger partial charge in [-0.1, -0.05) is 24.3 Å². The standard InChI is InChI=1S/C20H23NO3/c1-13-7-15(14-5-4-6-17(9-14)20(2,3)24)10-18(8-13)21-11-16(12-21)19(22)23/h4-10,16,24H,11-12H2,1-3H3,(H,22,23). The molecule has 0 unspecified atom stereocenters. The second-order valence-corrected chi connectivity index (χ2v) is 7.14. The zero-order valence-electron chi connectivity index (χ0n) is 14.3. The number of rotatable bonds is 4. The summed E-state index contributed by atoms with van der Waals surface area (Å²) in [5, 5.41) is 19.3. The number of hydrogen-bond donors (Lipinski definition) is 2. The summed E-state index contributed by atoms with van der Waals surface area (Å²) in [5.74, 6) is -0.996. The fraction of sp³-hybridized carbons (Fsp3) is 0.350. The second kappa shape index (κ2) is 5.95. The average molecular weight is 325 g/mol. The maximum Gasteiger partial charge on any atom is 0.310 e. The maximum absolute atomic E-state index is 11.0. The Morgan fingerprint density at radius 3 is 2.46 bits per heavy atom. The highest BCUT2D eigenvalue weighted by Gasteiger charge is 2.32. The van der Waals surface area contributed by atoms with Crippen LogP contribution in [0.25, 0.3) is 11.1 Å². The van der Waals surface area contributed by atoms with E-state index in [2.05, 4.69) is 23.1 Å². The van der Waals surface area contributed by atoms with Crippen molar-refractivity contribution in [2.24, 2.45) is 5.92 Å². The van der Waals surface area contributed by atoms with Crippen molar-refractivity contribution in [3.8, 4) is 11.1 Å². The minimum atomic E-state index is -0.880. The smallest absolute Gasteiger partial charge is 0.310 e. The molecule has 1 aliphatic heterocycles. The van der Waals surface area contributed by atoms with Gasteiger partial charge >= 0.3 is 5.97 Å². The molecule has 2 aromatic rings. The molecular weight excluding hydrogens is 302 g/mol. The number of anilines is 1. The van der Waals surface area contributed by atoms with Crippen LogP contribution in [0.3, 0.4) is 0 Å². The van der Waals surface area contributed by atoms with Crippen molar-refractivity contribution in [2.75, 3.05) is 18.0 Å². The molecule has 0 aromatic heterocycles. The van der Waals surface area contributed by atoms with Gasteiger partial charge < -0.3 is 15.1 Å². The zero-order chi connectivity index (χ0) is 17.5. The number of benzene rings is 2. The molecule has 24 heavy (non-hydrogen) atoms. The van der Waals surface area contributed by atoms with Crippen molar-refractivity contribution in [3.05, 3.63) is 53.6 Å². The summed E-state index contributed by atoms with van der Waals surface area (Å²) >= 11 is 0. The molecule has 0 amide bonds. The van der Waals surface area contributed by atoms with E-state index in [0.29, 0.717) is 13.1 Å². The molecule has 4 nitrogen and oxygen atoms in total. The molecule has 4 heteroatoms. The van der Waals surface area contributed by atoms with Gasteiger partial charge in [0.1, 0.15) is 0 Å². The van der Waals surface area contributed by atoms with Gasteiger partial charge in [-0.15, -0.1) is 0 Å². The Balaban J connectivity index is 1.91. The normalized spacial score (nSPS) is 15.2. The van der Waals surface area contributed by atoms with Crippen molar-refractivity contribution < 1.29 is 15.0 Å². The maximum atomic E-state index is 11.0. The van der Waals surface area contributed by atoms with Gasteiger partial charge in [0.2, 0.25) is 0 Å². The number of carboxylic acids is 1. The topological polar surface area (TPSA) is 60.8 Å². The van der Waals surface area contributed by atoms with Crippen molar-refractivity contribution in [3.63, 3.8) is 0 Å². The number of carboxylic acid groups (broad SMARTS) is 1. The van der Waals surface area contributed by atoms with E-state index < -0.39 is 11.6 Å². The van der Waals surface area contributed by atoms with E-state index >= 15 is 0 Å². The largest absolute Gasteiger partial charge is 0.481 e. The summed E-state index contributed by atoms with van der Waals surface area (Å²) < 4.78 is 0. The molecule has 0 bridgehead atoms.